The molecule has 1 aromatic heterocycles. The molecule has 0 saturated heterocycles. The van der Waals surface area contributed by atoms with Crippen LogP contribution < -0.4 is 16.6 Å². The van der Waals surface area contributed by atoms with E-state index in [0.29, 0.717) is 25.0 Å². The van der Waals surface area contributed by atoms with Gasteiger partial charge >= 0.3 is 6.01 Å². The fourth-order valence-corrected chi connectivity index (χ4v) is 0.710. The van der Waals surface area contributed by atoms with Crippen LogP contribution in [0.3, 0.4) is 0 Å². The SMILES string of the molecule is CCc1nnc(NCCNN)o1. The maximum atomic E-state index is 5.18. The lowest BCUT2D eigenvalue weighted by atomic mass is 10.5. The van der Waals surface area contributed by atoms with Gasteiger partial charge in [0.05, 0.1) is 0 Å². The molecule has 12 heavy (non-hydrogen) atoms. The van der Waals surface area contributed by atoms with E-state index in [1.54, 1.807) is 0 Å². The Kier molecular flexibility index (Phi) is 3.49. The number of hydrogen-bond acceptors (Lipinski definition) is 6. The number of nitrogens with zero attached hydrogens (tertiary/aromatic N) is 2. The summed E-state index contributed by atoms with van der Waals surface area (Å²) in [6.45, 7) is 3.28. The van der Waals surface area contributed by atoms with Crippen LogP contribution in [0.25, 0.3) is 0 Å². The number of anilines is 1. The van der Waals surface area contributed by atoms with E-state index in [9.17, 15) is 0 Å². The predicted octanol–water partition coefficient (Wildman–Crippen LogP) is -0.493. The molecule has 4 N–H and O–H groups in total. The van der Waals surface area contributed by atoms with Gasteiger partial charge in [0, 0.05) is 19.5 Å². The molecule has 0 aliphatic rings. The van der Waals surface area contributed by atoms with Gasteiger partial charge in [-0.25, -0.2) is 0 Å². The van der Waals surface area contributed by atoms with E-state index < -0.39 is 0 Å². The Balaban J connectivity index is 2.31. The Labute approximate surface area is 70.5 Å². The molecule has 6 nitrogen and oxygen atoms in total. The van der Waals surface area contributed by atoms with E-state index in [-0.39, 0.29) is 0 Å². The van der Waals surface area contributed by atoms with Crippen molar-refractivity contribution in [2.45, 2.75) is 13.3 Å². The van der Waals surface area contributed by atoms with Gasteiger partial charge < -0.3 is 9.73 Å². The van der Waals surface area contributed by atoms with E-state index in [1.165, 1.54) is 0 Å². The second-order valence-electron chi connectivity index (χ2n) is 2.24. The largest absolute Gasteiger partial charge is 0.408 e. The Morgan fingerprint density at radius 2 is 2.25 bits per heavy atom. The van der Waals surface area contributed by atoms with Gasteiger partial charge in [0.25, 0.3) is 0 Å². The van der Waals surface area contributed by atoms with Crippen molar-refractivity contribution in [3.8, 4) is 0 Å². The van der Waals surface area contributed by atoms with Crippen molar-refractivity contribution >= 4 is 6.01 Å². The maximum absolute atomic E-state index is 5.18. The van der Waals surface area contributed by atoms with E-state index in [4.69, 9.17) is 10.3 Å². The third kappa shape index (κ3) is 2.48. The predicted molar refractivity (Wildman–Crippen MR) is 44.4 cm³/mol. The monoisotopic (exact) mass is 171 g/mol. The number of rotatable bonds is 5. The summed E-state index contributed by atoms with van der Waals surface area (Å²) >= 11 is 0. The number of hydrazine groups is 1. The molecule has 0 fully saturated rings. The van der Waals surface area contributed by atoms with Crippen LogP contribution in [0.2, 0.25) is 0 Å². The fourth-order valence-electron chi connectivity index (χ4n) is 0.710. The lowest BCUT2D eigenvalue weighted by molar-refractivity contribution is 0.510. The summed E-state index contributed by atoms with van der Waals surface area (Å²) < 4.78 is 5.18. The Morgan fingerprint density at radius 1 is 1.42 bits per heavy atom. The van der Waals surface area contributed by atoms with E-state index in [2.05, 4.69) is 20.9 Å². The minimum atomic E-state index is 0.446. The molecule has 0 aliphatic heterocycles. The van der Waals surface area contributed by atoms with Crippen molar-refractivity contribution < 1.29 is 4.42 Å². The number of nitrogens with one attached hydrogen (secondary N) is 2. The summed E-state index contributed by atoms with van der Waals surface area (Å²) in [5.41, 5.74) is 2.51. The molecule has 0 saturated carbocycles. The minimum absolute atomic E-state index is 0.446. The van der Waals surface area contributed by atoms with Crippen molar-refractivity contribution in [3.63, 3.8) is 0 Å². The second kappa shape index (κ2) is 4.68. The van der Waals surface area contributed by atoms with Crippen LogP contribution >= 0.6 is 0 Å². The van der Waals surface area contributed by atoms with Crippen LogP contribution in [0, 0.1) is 0 Å². The molecule has 0 amide bonds. The zero-order valence-electron chi connectivity index (χ0n) is 7.00. The smallest absolute Gasteiger partial charge is 0.315 e. The highest BCUT2D eigenvalue weighted by atomic mass is 16.4. The molecule has 1 rings (SSSR count). The van der Waals surface area contributed by atoms with Gasteiger partial charge in [0.1, 0.15) is 0 Å². The first kappa shape index (κ1) is 8.95. The third-order valence-corrected chi connectivity index (χ3v) is 1.31. The highest BCUT2D eigenvalue weighted by molar-refractivity contribution is 5.16. The van der Waals surface area contributed by atoms with E-state index in [1.807, 2.05) is 6.92 Å². The zero-order chi connectivity index (χ0) is 8.81. The molecule has 0 bridgehead atoms. The molecule has 1 heterocycles. The molecule has 0 unspecified atom stereocenters. The van der Waals surface area contributed by atoms with Gasteiger partial charge in [0.15, 0.2) is 0 Å². The maximum Gasteiger partial charge on any atom is 0.315 e. The van der Waals surface area contributed by atoms with Gasteiger partial charge in [-0.05, 0) is 0 Å². The highest BCUT2D eigenvalue weighted by Crippen LogP contribution is 2.04. The number of aryl methyl sites for hydroxylation is 1. The molecular weight excluding hydrogens is 158 g/mol. The van der Waals surface area contributed by atoms with Crippen molar-refractivity contribution in [3.05, 3.63) is 5.89 Å². The number of nitrogens with two attached hydrogens (primary N) is 1. The van der Waals surface area contributed by atoms with Crippen LogP contribution in [0.5, 0.6) is 0 Å². The van der Waals surface area contributed by atoms with Gasteiger partial charge in [-0.3, -0.25) is 11.3 Å². The Bertz CT molecular complexity index is 223. The molecule has 1 aromatic rings. The summed E-state index contributed by atoms with van der Waals surface area (Å²) in [5.74, 6) is 5.70. The van der Waals surface area contributed by atoms with Crippen molar-refractivity contribution in [2.75, 3.05) is 18.4 Å². The van der Waals surface area contributed by atoms with Crippen LogP contribution in [0.4, 0.5) is 6.01 Å². The first-order chi connectivity index (χ1) is 5.86. The Morgan fingerprint density at radius 3 is 2.83 bits per heavy atom. The van der Waals surface area contributed by atoms with Gasteiger partial charge in [-0.1, -0.05) is 12.0 Å². The molecule has 0 spiro atoms. The number of aromatic nitrogens is 2. The average Bonchev–Trinajstić information content (AvgIpc) is 2.53. The quantitative estimate of drug-likeness (QED) is 0.314. The van der Waals surface area contributed by atoms with E-state index >= 15 is 0 Å². The number of hydrogen-bond donors (Lipinski definition) is 3. The highest BCUT2D eigenvalue weighted by Gasteiger charge is 2.01. The summed E-state index contributed by atoms with van der Waals surface area (Å²) in [5, 5.41) is 10.5. The van der Waals surface area contributed by atoms with Crippen LogP contribution in [-0.2, 0) is 6.42 Å². The summed E-state index contributed by atoms with van der Waals surface area (Å²) in [6.07, 6.45) is 0.754. The second-order valence-corrected chi connectivity index (χ2v) is 2.24. The van der Waals surface area contributed by atoms with Gasteiger partial charge in [0.2, 0.25) is 5.89 Å². The summed E-state index contributed by atoms with van der Waals surface area (Å²) in [7, 11) is 0. The van der Waals surface area contributed by atoms with E-state index in [0.717, 1.165) is 6.42 Å². The Hall–Kier alpha value is -1.14. The van der Waals surface area contributed by atoms with Crippen molar-refractivity contribution in [1.29, 1.82) is 0 Å². The standard InChI is InChI=1S/C6H13N5O/c1-2-5-10-11-6(12-5)8-3-4-9-7/h9H,2-4,7H2,1H3,(H,8,11). The van der Waals surface area contributed by atoms with Gasteiger partial charge in [-0.2, -0.15) is 0 Å². The fraction of sp³-hybridized carbons (Fsp3) is 0.667. The lowest BCUT2D eigenvalue weighted by Crippen LogP contribution is -2.28. The van der Waals surface area contributed by atoms with Gasteiger partial charge in [-0.15, -0.1) is 5.10 Å². The van der Waals surface area contributed by atoms with Crippen molar-refractivity contribution in [2.24, 2.45) is 5.84 Å². The molecular formula is C6H13N5O. The minimum Gasteiger partial charge on any atom is -0.408 e. The molecule has 0 aromatic carbocycles. The molecule has 0 radical (unpaired) electrons. The zero-order valence-corrected chi connectivity index (χ0v) is 7.00. The van der Waals surface area contributed by atoms with Crippen LogP contribution in [-0.4, -0.2) is 23.3 Å². The summed E-state index contributed by atoms with van der Waals surface area (Å²) in [6, 6.07) is 0.446. The summed E-state index contributed by atoms with van der Waals surface area (Å²) in [4.78, 5) is 0. The molecule has 0 atom stereocenters. The third-order valence-electron chi connectivity index (χ3n) is 1.31. The normalized spacial score (nSPS) is 10.2. The lowest BCUT2D eigenvalue weighted by Gasteiger charge is -1.98. The molecule has 68 valence electrons. The van der Waals surface area contributed by atoms with Crippen LogP contribution in [0.15, 0.2) is 4.42 Å². The van der Waals surface area contributed by atoms with Crippen LogP contribution in [0.1, 0.15) is 12.8 Å². The molecule has 0 aliphatic carbocycles. The topological polar surface area (TPSA) is 89.0 Å². The first-order valence-corrected chi connectivity index (χ1v) is 3.86. The average molecular weight is 171 g/mol. The first-order valence-electron chi connectivity index (χ1n) is 3.86. The van der Waals surface area contributed by atoms with Crippen molar-refractivity contribution in [1.82, 2.24) is 15.6 Å². The molecule has 6 heteroatoms.